The summed E-state index contributed by atoms with van der Waals surface area (Å²) in [5.74, 6) is -0.505. The molecule has 0 spiro atoms. The first kappa shape index (κ1) is 44.7. The molecular weight excluding hydrogens is 807 g/mol. The van der Waals surface area contributed by atoms with Crippen LogP contribution >= 0.6 is 0 Å². The molecule has 1 aliphatic heterocycles. The van der Waals surface area contributed by atoms with Gasteiger partial charge in [-0.15, -0.1) is 5.11 Å². The molecule has 1 atom stereocenters. The van der Waals surface area contributed by atoms with Crippen molar-refractivity contribution in [1.82, 2.24) is 0 Å². The number of hydrazone groups is 1. The molecule has 0 fully saturated rings. The van der Waals surface area contributed by atoms with Crippen LogP contribution in [0.5, 0.6) is 5.75 Å². The second-order valence-electron chi connectivity index (χ2n) is 11.7. The van der Waals surface area contributed by atoms with Crippen LogP contribution in [0.15, 0.2) is 156 Å². The van der Waals surface area contributed by atoms with Crippen molar-refractivity contribution < 1.29 is 43.3 Å². The average molecular weight is 835 g/mol. The maximum Gasteiger partial charge on any atom is 0.339 e. The van der Waals surface area contributed by atoms with Gasteiger partial charge < -0.3 is 4.18 Å². The zero-order valence-electron chi connectivity index (χ0n) is 30.1. The maximum atomic E-state index is 13.0. The van der Waals surface area contributed by atoms with Gasteiger partial charge in [-0.1, -0.05) is 35.9 Å². The molecule has 2 N–H and O–H groups in total. The van der Waals surface area contributed by atoms with Gasteiger partial charge >= 0.3 is 10.1 Å². The molecule has 0 saturated carbocycles. The summed E-state index contributed by atoms with van der Waals surface area (Å²) in [5, 5.41) is 21.5. The number of hydrogen-bond acceptors (Lipinski definition) is 13. The van der Waals surface area contributed by atoms with Crippen LogP contribution in [-0.2, 0) is 35.1 Å². The van der Waals surface area contributed by atoms with Gasteiger partial charge in [-0.05, 0) is 110 Å². The van der Waals surface area contributed by atoms with Crippen LogP contribution in [-0.4, -0.2) is 111 Å². The number of nitrogens with zero attached hydrogens (tertiary/aromatic N) is 6. The Bertz CT molecular complexity index is 2680. The van der Waals surface area contributed by atoms with Crippen molar-refractivity contribution in [3.05, 3.63) is 121 Å². The molecule has 5 aromatic carbocycles. The van der Waals surface area contributed by atoms with Gasteiger partial charge in [0, 0.05) is 59.1 Å². The fourth-order valence-corrected chi connectivity index (χ4v) is 7.08. The molecule has 21 heteroatoms. The maximum absolute atomic E-state index is 13.0. The second-order valence-corrected chi connectivity index (χ2v) is 16.1. The Hall–Kier alpha value is -3.99. The van der Waals surface area contributed by atoms with Gasteiger partial charge in [0.25, 0.3) is 26.1 Å². The zero-order chi connectivity index (χ0) is 38.8. The Kier molecular flexibility index (Phi) is 14.4. The van der Waals surface area contributed by atoms with E-state index in [0.29, 0.717) is 22.5 Å². The zero-order valence-corrected chi connectivity index (χ0v) is 36.6. The molecule has 1 aliphatic rings. The van der Waals surface area contributed by atoms with Gasteiger partial charge in [-0.3, -0.25) is 13.9 Å². The summed E-state index contributed by atoms with van der Waals surface area (Å²) in [5.41, 5.74) is 2.89. The molecule has 0 aromatic heterocycles. The van der Waals surface area contributed by atoms with Gasteiger partial charge in [0.1, 0.15) is 21.2 Å². The summed E-state index contributed by atoms with van der Waals surface area (Å²) >= 11 is 0. The van der Waals surface area contributed by atoms with E-state index in [4.69, 9.17) is 4.18 Å². The summed E-state index contributed by atoms with van der Waals surface area (Å²) in [4.78, 5) is 12.2. The molecular formula is C35H28N6Na2O10S3. The van der Waals surface area contributed by atoms with Crippen LogP contribution < -0.4 is 9.19 Å². The van der Waals surface area contributed by atoms with Crippen molar-refractivity contribution in [3.63, 3.8) is 0 Å². The summed E-state index contributed by atoms with van der Waals surface area (Å²) in [6.45, 7) is 3.41. The largest absolute Gasteiger partial charge is 0.379 e. The molecule has 56 heavy (non-hydrogen) atoms. The molecule has 0 saturated heterocycles. The van der Waals surface area contributed by atoms with E-state index < -0.39 is 47.2 Å². The minimum atomic E-state index is -4.75. The fraction of sp³-hybridized carbons (Fsp3) is 0.0857. The molecule has 6 rings (SSSR count). The predicted octanol–water partition coefficient (Wildman–Crippen LogP) is 6.45. The van der Waals surface area contributed by atoms with Gasteiger partial charge in [0.15, 0.2) is 6.04 Å². The number of carbonyl (C=O) groups is 1. The number of anilines is 1. The predicted molar refractivity (Wildman–Crippen MR) is 208 cm³/mol. The summed E-state index contributed by atoms with van der Waals surface area (Å²) in [6.07, 6.45) is 0. The van der Waals surface area contributed by atoms with E-state index >= 15 is 0 Å². The van der Waals surface area contributed by atoms with Crippen molar-refractivity contribution in [2.75, 3.05) is 5.01 Å². The van der Waals surface area contributed by atoms with E-state index in [0.717, 1.165) is 22.7 Å². The van der Waals surface area contributed by atoms with E-state index in [2.05, 4.69) is 25.6 Å². The summed E-state index contributed by atoms with van der Waals surface area (Å²) in [6, 6.07) is 26.2. The third-order valence-electron chi connectivity index (χ3n) is 7.83. The molecule has 1 unspecified atom stereocenters. The molecule has 0 aliphatic carbocycles. The Morgan fingerprint density at radius 3 is 1.79 bits per heavy atom. The second kappa shape index (κ2) is 18.1. The first-order chi connectivity index (χ1) is 25.5. The smallest absolute Gasteiger partial charge is 0.339 e. The third kappa shape index (κ3) is 10.7. The van der Waals surface area contributed by atoms with E-state index in [9.17, 15) is 39.2 Å². The van der Waals surface area contributed by atoms with E-state index in [1.54, 1.807) is 49.4 Å². The van der Waals surface area contributed by atoms with Crippen molar-refractivity contribution in [2.45, 2.75) is 34.6 Å². The van der Waals surface area contributed by atoms with Crippen molar-refractivity contribution in [2.24, 2.45) is 25.6 Å². The number of benzene rings is 5. The molecule has 1 amide bonds. The summed E-state index contributed by atoms with van der Waals surface area (Å²) < 4.78 is 96.8. The number of rotatable bonds is 11. The summed E-state index contributed by atoms with van der Waals surface area (Å²) in [7, 11) is -13.2. The Labute approximate surface area is 366 Å². The van der Waals surface area contributed by atoms with Crippen LogP contribution in [0.1, 0.15) is 12.5 Å². The number of aryl methyl sites for hydroxylation is 1. The van der Waals surface area contributed by atoms with Crippen LogP contribution in [0.25, 0.3) is 11.1 Å². The average Bonchev–Trinajstić information content (AvgIpc) is 3.42. The van der Waals surface area contributed by atoms with E-state index in [-0.39, 0.29) is 91.7 Å². The first-order valence-corrected chi connectivity index (χ1v) is 19.9. The monoisotopic (exact) mass is 834 g/mol. The fourth-order valence-electron chi connectivity index (χ4n) is 5.02. The molecule has 5 aromatic rings. The minimum Gasteiger partial charge on any atom is -0.379 e. The normalized spacial score (nSPS) is 14.7. The number of carbonyl (C=O) groups excluding carboxylic acids is 1. The number of azo groups is 2. The topological polar surface area (TPSA) is 234 Å². The quantitative estimate of drug-likeness (QED) is 0.0638. The van der Waals surface area contributed by atoms with Crippen LogP contribution in [0, 0.1) is 6.92 Å². The van der Waals surface area contributed by atoms with Crippen molar-refractivity contribution >= 4 is 124 Å². The molecule has 2 radical (unpaired) electrons. The Morgan fingerprint density at radius 2 is 1.20 bits per heavy atom. The van der Waals surface area contributed by atoms with Gasteiger partial charge in [0.05, 0.1) is 27.7 Å². The number of amides is 1. The van der Waals surface area contributed by atoms with Gasteiger partial charge in [-0.25, -0.2) is 0 Å². The minimum absolute atomic E-state index is 0. The van der Waals surface area contributed by atoms with Crippen LogP contribution in [0.3, 0.4) is 0 Å². The molecule has 1 heterocycles. The van der Waals surface area contributed by atoms with Gasteiger partial charge in [-0.2, -0.15) is 50.7 Å². The number of hydrogen-bond donors (Lipinski definition) is 2. The SMILES string of the molecule is CC1=NN(c2ccc(S(=O)(=O)O)cc2)C(=O)C1N=Nc1ccc(-c2ccc(N=Nc3ccc(OS(=O)(=O)c4ccc(C)cc4)cc3)c(S(=O)(=O)O)c2)cc1.[Na].[Na]. The van der Waals surface area contributed by atoms with Gasteiger partial charge in [0.2, 0.25) is 0 Å². The molecule has 16 nitrogen and oxygen atoms in total. The van der Waals surface area contributed by atoms with Crippen molar-refractivity contribution in [1.29, 1.82) is 0 Å². The Morgan fingerprint density at radius 1 is 0.643 bits per heavy atom. The van der Waals surface area contributed by atoms with Crippen molar-refractivity contribution in [3.8, 4) is 16.9 Å². The molecule has 278 valence electrons. The van der Waals surface area contributed by atoms with E-state index in [1.165, 1.54) is 60.7 Å². The van der Waals surface area contributed by atoms with Crippen LogP contribution in [0.2, 0.25) is 0 Å². The van der Waals surface area contributed by atoms with E-state index in [1.807, 2.05) is 6.92 Å². The molecule has 0 bridgehead atoms. The van der Waals surface area contributed by atoms with Crippen LogP contribution in [0.4, 0.5) is 22.7 Å². The first-order valence-electron chi connectivity index (χ1n) is 15.6. The Balaban J connectivity index is 0.00000348. The standard InChI is InChI=1S/C35H28N6O10S3.2Na/c1-22-3-16-31(17-4-22)54(49,50)51-29-14-10-27(11-15-29)36-38-32-20-7-25(21-33(32)53(46,47)48)24-5-8-26(9-6-24)37-39-34-23(2)40-41(35(34)42)28-12-18-30(19-13-28)52(43,44)45;;/h3-21,34H,1-2H3,(H,43,44,45)(H,46,47,48);;. The third-order valence-corrected chi connectivity index (χ3v) is 10.8.